The van der Waals surface area contributed by atoms with E-state index in [1.165, 1.54) is 90.1 Å². The fourth-order valence-corrected chi connectivity index (χ4v) is 3.18. The minimum Gasteiger partial charge on any atom is -0.379 e. The Labute approximate surface area is 150 Å². The molecule has 0 aromatic rings. The Kier molecular flexibility index (Phi) is 18.0. The summed E-state index contributed by atoms with van der Waals surface area (Å²) in [6.07, 6.45) is 18.9. The van der Waals surface area contributed by atoms with Gasteiger partial charge in [0, 0.05) is 13.3 Å². The van der Waals surface area contributed by atoms with E-state index >= 15 is 0 Å². The highest BCUT2D eigenvalue weighted by Gasteiger charge is 2.08. The van der Waals surface area contributed by atoms with E-state index in [-0.39, 0.29) is 6.61 Å². The van der Waals surface area contributed by atoms with E-state index in [1.807, 2.05) is 0 Å². The van der Waals surface area contributed by atoms with Crippen molar-refractivity contribution in [3.8, 4) is 0 Å². The molecule has 0 aliphatic rings. The molecule has 0 bridgehead atoms. The van der Waals surface area contributed by atoms with Crippen LogP contribution in [0, 0.1) is 0 Å². The van der Waals surface area contributed by atoms with Crippen LogP contribution in [0.4, 0.5) is 0 Å². The molecule has 0 saturated heterocycles. The van der Waals surface area contributed by atoms with Gasteiger partial charge in [0.1, 0.15) is 0 Å². The first-order chi connectivity index (χ1) is 11.6. The third-order valence-electron chi connectivity index (χ3n) is 4.20. The van der Waals surface area contributed by atoms with E-state index in [0.29, 0.717) is 6.61 Å². The fourth-order valence-electron chi connectivity index (χ4n) is 2.77. The van der Waals surface area contributed by atoms with E-state index in [1.54, 1.807) is 0 Å². The van der Waals surface area contributed by atoms with Gasteiger partial charge in [0.15, 0.2) is 0 Å². The Morgan fingerprint density at radius 2 is 1.08 bits per heavy atom. The van der Waals surface area contributed by atoms with Crippen molar-refractivity contribution in [2.45, 2.75) is 96.8 Å². The van der Waals surface area contributed by atoms with Crippen molar-refractivity contribution in [1.29, 1.82) is 0 Å². The average molecular weight is 365 g/mol. The van der Waals surface area contributed by atoms with Gasteiger partial charge in [-0.15, -0.1) is 0 Å². The standard InChI is InChI=1S/C19H41O4P/c1-3-4-5-6-7-8-9-10-11-12-13-14-15-16-17-22-18-19-23-24(2,20)21/h3-19H2,1-2H3,(H,20,21). The topological polar surface area (TPSA) is 55.8 Å². The molecule has 5 heteroatoms. The summed E-state index contributed by atoms with van der Waals surface area (Å²) in [7, 11) is -3.34. The van der Waals surface area contributed by atoms with Crippen molar-refractivity contribution < 1.29 is 18.7 Å². The average Bonchev–Trinajstić information content (AvgIpc) is 2.52. The predicted molar refractivity (Wildman–Crippen MR) is 103 cm³/mol. The van der Waals surface area contributed by atoms with Gasteiger partial charge in [-0.1, -0.05) is 90.4 Å². The van der Waals surface area contributed by atoms with Gasteiger partial charge in [-0.05, 0) is 6.42 Å². The van der Waals surface area contributed by atoms with Crippen LogP contribution in [0.3, 0.4) is 0 Å². The molecule has 1 N–H and O–H groups in total. The zero-order chi connectivity index (χ0) is 17.9. The molecule has 146 valence electrons. The van der Waals surface area contributed by atoms with Crippen LogP contribution < -0.4 is 0 Å². The highest BCUT2D eigenvalue weighted by molar-refractivity contribution is 7.51. The second-order valence-electron chi connectivity index (χ2n) is 6.84. The maximum Gasteiger partial charge on any atom is 0.325 e. The second kappa shape index (κ2) is 17.9. The molecule has 0 amide bonds. The summed E-state index contributed by atoms with van der Waals surface area (Å²) < 4.78 is 21.0. The van der Waals surface area contributed by atoms with Crippen molar-refractivity contribution in [2.75, 3.05) is 26.5 Å². The number of hydrogen-bond donors (Lipinski definition) is 1. The van der Waals surface area contributed by atoms with Crippen LogP contribution >= 0.6 is 7.60 Å². The molecule has 1 atom stereocenters. The zero-order valence-corrected chi connectivity index (χ0v) is 17.0. The largest absolute Gasteiger partial charge is 0.379 e. The minimum atomic E-state index is -3.34. The molecule has 0 radical (unpaired) electrons. The second-order valence-corrected chi connectivity index (χ2v) is 8.71. The van der Waals surface area contributed by atoms with Crippen molar-refractivity contribution >= 4 is 7.60 Å². The third-order valence-corrected chi connectivity index (χ3v) is 4.86. The monoisotopic (exact) mass is 364 g/mol. The molecular weight excluding hydrogens is 323 g/mol. The van der Waals surface area contributed by atoms with Gasteiger partial charge in [-0.25, -0.2) is 0 Å². The lowest BCUT2D eigenvalue weighted by atomic mass is 10.0. The highest BCUT2D eigenvalue weighted by Crippen LogP contribution is 2.35. The summed E-state index contributed by atoms with van der Waals surface area (Å²) in [5.41, 5.74) is 0. The third kappa shape index (κ3) is 22.1. The first kappa shape index (κ1) is 24.1. The summed E-state index contributed by atoms with van der Waals surface area (Å²) in [4.78, 5) is 8.93. The smallest absolute Gasteiger partial charge is 0.325 e. The zero-order valence-electron chi connectivity index (χ0n) is 16.1. The maximum absolute atomic E-state index is 10.9. The molecule has 24 heavy (non-hydrogen) atoms. The van der Waals surface area contributed by atoms with Gasteiger partial charge in [-0.3, -0.25) is 4.57 Å². The van der Waals surface area contributed by atoms with Crippen LogP contribution in [-0.4, -0.2) is 31.4 Å². The molecule has 0 saturated carbocycles. The molecule has 4 nitrogen and oxygen atoms in total. The normalized spacial score (nSPS) is 14.0. The van der Waals surface area contributed by atoms with Crippen LogP contribution in [0.1, 0.15) is 96.8 Å². The van der Waals surface area contributed by atoms with Gasteiger partial charge in [0.05, 0.1) is 13.2 Å². The summed E-state index contributed by atoms with van der Waals surface area (Å²) in [6.45, 7) is 4.79. The summed E-state index contributed by atoms with van der Waals surface area (Å²) in [5.74, 6) is 0. The lowest BCUT2D eigenvalue weighted by Gasteiger charge is -2.07. The number of ether oxygens (including phenoxy) is 1. The Balaban J connectivity index is 3.02. The van der Waals surface area contributed by atoms with Crippen molar-refractivity contribution in [2.24, 2.45) is 0 Å². The van der Waals surface area contributed by atoms with Crippen LogP contribution in [0.15, 0.2) is 0 Å². The van der Waals surface area contributed by atoms with Gasteiger partial charge >= 0.3 is 7.60 Å². The first-order valence-corrected chi connectivity index (χ1v) is 12.1. The molecule has 0 heterocycles. The van der Waals surface area contributed by atoms with E-state index in [9.17, 15) is 4.57 Å². The molecule has 0 aromatic carbocycles. The molecular formula is C19H41O4P. The lowest BCUT2D eigenvalue weighted by molar-refractivity contribution is 0.0932. The number of unbranched alkanes of at least 4 members (excludes halogenated alkanes) is 13. The molecule has 0 spiro atoms. The summed E-state index contributed by atoms with van der Waals surface area (Å²) in [6, 6.07) is 0. The van der Waals surface area contributed by atoms with Crippen molar-refractivity contribution in [3.63, 3.8) is 0 Å². The van der Waals surface area contributed by atoms with E-state index in [0.717, 1.165) is 13.0 Å². The van der Waals surface area contributed by atoms with E-state index in [4.69, 9.17) is 14.2 Å². The molecule has 0 aromatic heterocycles. The minimum absolute atomic E-state index is 0.197. The molecule has 0 aliphatic carbocycles. The van der Waals surface area contributed by atoms with Crippen LogP contribution in [-0.2, 0) is 13.8 Å². The van der Waals surface area contributed by atoms with Crippen molar-refractivity contribution in [1.82, 2.24) is 0 Å². The molecule has 1 unspecified atom stereocenters. The summed E-state index contributed by atoms with van der Waals surface area (Å²) in [5, 5.41) is 0. The highest BCUT2D eigenvalue weighted by atomic mass is 31.2. The number of rotatable bonds is 19. The van der Waals surface area contributed by atoms with Gasteiger partial charge in [0.25, 0.3) is 0 Å². The Morgan fingerprint density at radius 3 is 1.50 bits per heavy atom. The molecule has 0 aliphatic heterocycles. The lowest BCUT2D eigenvalue weighted by Crippen LogP contribution is -2.03. The van der Waals surface area contributed by atoms with Crippen molar-refractivity contribution in [3.05, 3.63) is 0 Å². The molecule has 0 fully saturated rings. The van der Waals surface area contributed by atoms with Crippen LogP contribution in [0.2, 0.25) is 0 Å². The van der Waals surface area contributed by atoms with Crippen LogP contribution in [0.5, 0.6) is 0 Å². The fraction of sp³-hybridized carbons (Fsp3) is 1.00. The number of hydrogen-bond acceptors (Lipinski definition) is 3. The van der Waals surface area contributed by atoms with E-state index in [2.05, 4.69) is 6.92 Å². The van der Waals surface area contributed by atoms with Gasteiger partial charge in [0.2, 0.25) is 0 Å². The molecule has 0 rings (SSSR count). The van der Waals surface area contributed by atoms with Gasteiger partial charge in [-0.2, -0.15) is 0 Å². The SMILES string of the molecule is CCCCCCCCCCCCCCCCOCCOP(C)(=O)O. The van der Waals surface area contributed by atoms with Crippen LogP contribution in [0.25, 0.3) is 0 Å². The quantitative estimate of drug-likeness (QED) is 0.215. The Bertz CT molecular complexity index is 291. The first-order valence-electron chi connectivity index (χ1n) is 10.1. The summed E-state index contributed by atoms with van der Waals surface area (Å²) >= 11 is 0. The Morgan fingerprint density at radius 1 is 0.667 bits per heavy atom. The maximum atomic E-state index is 10.9. The van der Waals surface area contributed by atoms with E-state index < -0.39 is 7.60 Å². The van der Waals surface area contributed by atoms with Gasteiger partial charge < -0.3 is 14.2 Å². The Hall–Kier alpha value is 0.110. The predicted octanol–water partition coefficient (Wildman–Crippen LogP) is 6.32.